The summed E-state index contributed by atoms with van der Waals surface area (Å²) in [6, 6.07) is 0.700. The maximum Gasteiger partial charge on any atom is 0.0537 e. The third kappa shape index (κ3) is 1.53. The summed E-state index contributed by atoms with van der Waals surface area (Å²) < 4.78 is 0. The molecule has 0 aromatic heterocycles. The van der Waals surface area contributed by atoms with Gasteiger partial charge in [-0.1, -0.05) is 0 Å². The highest BCUT2D eigenvalue weighted by molar-refractivity contribution is 8.05. The van der Waals surface area contributed by atoms with Crippen molar-refractivity contribution in [2.24, 2.45) is 0 Å². The lowest BCUT2D eigenvalue weighted by atomic mass is 9.93. The van der Waals surface area contributed by atoms with Crippen LogP contribution >= 0.6 is 11.8 Å². The molecule has 0 aromatic rings. The molecule has 0 aromatic carbocycles. The van der Waals surface area contributed by atoms with Crippen LogP contribution in [0.15, 0.2) is 32.7 Å². The van der Waals surface area contributed by atoms with Crippen molar-refractivity contribution in [3.05, 3.63) is 32.7 Å². The summed E-state index contributed by atoms with van der Waals surface area (Å²) in [5.74, 6) is 0. The average Bonchev–Trinajstić information content (AvgIpc) is 2.61. The molecule has 1 saturated heterocycles. The molecule has 1 atom stereocenters. The lowest BCUT2D eigenvalue weighted by Gasteiger charge is -2.33. The van der Waals surface area contributed by atoms with Crippen LogP contribution in [0.5, 0.6) is 0 Å². The maximum atomic E-state index is 3.57. The van der Waals surface area contributed by atoms with E-state index in [1.54, 1.807) is 21.7 Å². The zero-order valence-electron chi connectivity index (χ0n) is 11.0. The molecule has 1 fully saturated rings. The van der Waals surface area contributed by atoms with Crippen LogP contribution < -0.4 is 5.32 Å². The van der Waals surface area contributed by atoms with Gasteiger partial charge in [-0.3, -0.25) is 0 Å². The first-order valence-electron chi connectivity index (χ1n) is 7.09. The van der Waals surface area contributed by atoms with Gasteiger partial charge in [0.2, 0.25) is 0 Å². The summed E-state index contributed by atoms with van der Waals surface area (Å²) in [6.45, 7) is 5.73. The van der Waals surface area contributed by atoms with E-state index < -0.39 is 0 Å². The molecule has 4 aliphatic rings. The second-order valence-corrected chi connectivity index (χ2v) is 6.78. The van der Waals surface area contributed by atoms with Crippen LogP contribution in [-0.2, 0) is 0 Å². The van der Waals surface area contributed by atoms with Crippen LogP contribution in [0.2, 0.25) is 0 Å². The summed E-state index contributed by atoms with van der Waals surface area (Å²) in [4.78, 5) is 4.35. The largest absolute Gasteiger partial charge is 0.360 e. The molecular formula is C15H20N2S. The Morgan fingerprint density at radius 1 is 1.39 bits per heavy atom. The standard InChI is InChI=1S/C15H20N2S/c1-10-8-17-13-5-6-16-7-12(13)11-3-2-4-14(15(11)17)18-9-10/h9,13,16H,2-8H2,1H3. The van der Waals surface area contributed by atoms with Crippen molar-refractivity contribution in [2.45, 2.75) is 38.6 Å². The van der Waals surface area contributed by atoms with Gasteiger partial charge in [-0.25, -0.2) is 0 Å². The van der Waals surface area contributed by atoms with Crippen LogP contribution in [0.25, 0.3) is 0 Å². The minimum atomic E-state index is 0.700. The molecule has 0 amide bonds. The predicted molar refractivity (Wildman–Crippen MR) is 77.2 cm³/mol. The summed E-state index contributed by atoms with van der Waals surface area (Å²) in [6.07, 6.45) is 5.23. The number of allylic oxidation sites excluding steroid dienone is 2. The molecule has 0 saturated carbocycles. The SMILES string of the molecule is CC1=CSC2=C3C(=C4CNCCC4N3C1)CCC2. The van der Waals surface area contributed by atoms with Gasteiger partial charge in [0, 0.05) is 18.0 Å². The molecule has 3 heterocycles. The Balaban J connectivity index is 1.85. The Morgan fingerprint density at radius 3 is 3.28 bits per heavy atom. The van der Waals surface area contributed by atoms with Crippen molar-refractivity contribution in [1.82, 2.24) is 10.2 Å². The Bertz CT molecular complexity index is 487. The van der Waals surface area contributed by atoms with E-state index in [4.69, 9.17) is 0 Å². The predicted octanol–water partition coefficient (Wildman–Crippen LogP) is 3.01. The van der Waals surface area contributed by atoms with E-state index in [1.807, 2.05) is 11.8 Å². The fourth-order valence-electron chi connectivity index (χ4n) is 3.82. The number of hydrogen-bond acceptors (Lipinski definition) is 3. The zero-order chi connectivity index (χ0) is 12.1. The van der Waals surface area contributed by atoms with Crippen LogP contribution in [0, 0.1) is 0 Å². The zero-order valence-corrected chi connectivity index (χ0v) is 11.8. The number of rotatable bonds is 0. The van der Waals surface area contributed by atoms with Gasteiger partial charge in [-0.15, -0.1) is 11.8 Å². The fraction of sp³-hybridized carbons (Fsp3) is 0.600. The molecule has 3 heteroatoms. The van der Waals surface area contributed by atoms with E-state index >= 15 is 0 Å². The number of thioether (sulfide) groups is 1. The molecule has 3 aliphatic heterocycles. The topological polar surface area (TPSA) is 15.3 Å². The molecular weight excluding hydrogens is 240 g/mol. The van der Waals surface area contributed by atoms with Gasteiger partial charge >= 0.3 is 0 Å². The molecule has 1 unspecified atom stereocenters. The molecule has 4 rings (SSSR count). The van der Waals surface area contributed by atoms with Crippen molar-refractivity contribution in [1.29, 1.82) is 0 Å². The Morgan fingerprint density at radius 2 is 2.33 bits per heavy atom. The van der Waals surface area contributed by atoms with Gasteiger partial charge in [0.25, 0.3) is 0 Å². The second-order valence-electron chi connectivity index (χ2n) is 5.82. The number of piperidine rings is 1. The van der Waals surface area contributed by atoms with E-state index in [2.05, 4.69) is 22.5 Å². The summed E-state index contributed by atoms with van der Waals surface area (Å²) >= 11 is 1.99. The molecule has 18 heavy (non-hydrogen) atoms. The van der Waals surface area contributed by atoms with Crippen molar-refractivity contribution in [3.8, 4) is 0 Å². The van der Waals surface area contributed by atoms with Gasteiger partial charge in [0.05, 0.1) is 11.7 Å². The molecule has 96 valence electrons. The normalized spacial score (nSPS) is 31.1. The van der Waals surface area contributed by atoms with Gasteiger partial charge in [-0.05, 0) is 61.3 Å². The Kier molecular flexibility index (Phi) is 2.59. The highest BCUT2D eigenvalue weighted by atomic mass is 32.2. The monoisotopic (exact) mass is 260 g/mol. The second kappa shape index (κ2) is 4.17. The lowest BCUT2D eigenvalue weighted by molar-refractivity contribution is 0.294. The van der Waals surface area contributed by atoms with Crippen molar-refractivity contribution in [2.75, 3.05) is 19.6 Å². The summed E-state index contributed by atoms with van der Waals surface area (Å²) in [5.41, 5.74) is 6.56. The minimum absolute atomic E-state index is 0.700. The van der Waals surface area contributed by atoms with Gasteiger partial charge in [-0.2, -0.15) is 0 Å². The molecule has 1 N–H and O–H groups in total. The van der Waals surface area contributed by atoms with Gasteiger partial charge < -0.3 is 10.2 Å². The van der Waals surface area contributed by atoms with E-state index in [0.717, 1.165) is 13.1 Å². The summed E-state index contributed by atoms with van der Waals surface area (Å²) in [5, 5.41) is 5.95. The van der Waals surface area contributed by atoms with Crippen LogP contribution in [0.4, 0.5) is 0 Å². The van der Waals surface area contributed by atoms with Crippen LogP contribution in [0.1, 0.15) is 32.6 Å². The maximum absolute atomic E-state index is 3.57. The molecule has 0 bridgehead atoms. The van der Waals surface area contributed by atoms with Crippen molar-refractivity contribution < 1.29 is 0 Å². The minimum Gasteiger partial charge on any atom is -0.360 e. The number of nitrogens with zero attached hydrogens (tertiary/aromatic N) is 1. The fourth-order valence-corrected chi connectivity index (χ4v) is 4.85. The van der Waals surface area contributed by atoms with E-state index in [0.29, 0.717) is 6.04 Å². The van der Waals surface area contributed by atoms with E-state index in [1.165, 1.54) is 37.8 Å². The highest BCUT2D eigenvalue weighted by Gasteiger charge is 2.40. The first kappa shape index (κ1) is 11.2. The molecule has 0 spiro atoms. The third-order valence-corrected chi connectivity index (χ3v) is 5.77. The number of hydrogen-bond donors (Lipinski definition) is 1. The van der Waals surface area contributed by atoms with E-state index in [9.17, 15) is 0 Å². The molecule has 0 radical (unpaired) electrons. The first-order chi connectivity index (χ1) is 8.84. The molecule has 2 nitrogen and oxygen atoms in total. The molecule has 1 aliphatic carbocycles. The quantitative estimate of drug-likeness (QED) is 0.721. The lowest BCUT2D eigenvalue weighted by Crippen LogP contribution is -2.41. The number of nitrogens with one attached hydrogen (secondary N) is 1. The van der Waals surface area contributed by atoms with Gasteiger partial charge in [0.1, 0.15) is 0 Å². The number of fused-ring (bicyclic) bond motifs is 2. The Hall–Kier alpha value is -0.670. The average molecular weight is 260 g/mol. The first-order valence-corrected chi connectivity index (χ1v) is 7.97. The highest BCUT2D eigenvalue weighted by Crippen LogP contribution is 2.48. The van der Waals surface area contributed by atoms with Crippen molar-refractivity contribution in [3.63, 3.8) is 0 Å². The smallest absolute Gasteiger partial charge is 0.0537 e. The van der Waals surface area contributed by atoms with Crippen molar-refractivity contribution >= 4 is 11.8 Å². The van der Waals surface area contributed by atoms with E-state index in [-0.39, 0.29) is 0 Å². The summed E-state index contributed by atoms with van der Waals surface area (Å²) in [7, 11) is 0. The third-order valence-electron chi connectivity index (χ3n) is 4.57. The van der Waals surface area contributed by atoms with Crippen LogP contribution in [0.3, 0.4) is 0 Å². The van der Waals surface area contributed by atoms with Gasteiger partial charge in [0.15, 0.2) is 0 Å². The Labute approximate surface area is 113 Å². The van der Waals surface area contributed by atoms with Crippen LogP contribution in [-0.4, -0.2) is 30.6 Å².